The molecule has 14 heteroatoms. The molecular formula is C23H23Cl2N7O4S. The number of nitrogens with zero attached hydrogens (tertiary/aromatic N) is 6. The number of hydrogen-bond donors (Lipinski definition) is 1. The molecule has 11 nitrogen and oxygen atoms in total. The van der Waals surface area contributed by atoms with E-state index in [1.807, 2.05) is 6.92 Å². The standard InChI is InChI=1S/C23H23Cl2N7O4S/c1-13-11-26-21(27-12-13)20(36-4)14(2)37(33,34)31-23-30-29-22(18-6-5-7-19(28-18)35-3)32(23)17-9-15(24)8-16(25)10-17/h5-12,14,20H,1-4H3,(H,30,31). The number of rotatable bonds is 9. The van der Waals surface area contributed by atoms with Crippen LogP contribution in [0.5, 0.6) is 5.88 Å². The quantitative estimate of drug-likeness (QED) is 0.316. The van der Waals surface area contributed by atoms with Gasteiger partial charge in [-0.25, -0.2) is 23.4 Å². The molecule has 37 heavy (non-hydrogen) atoms. The van der Waals surface area contributed by atoms with Crippen LogP contribution in [0.2, 0.25) is 10.0 Å². The second kappa shape index (κ2) is 11.0. The first-order chi connectivity index (χ1) is 17.6. The summed E-state index contributed by atoms with van der Waals surface area (Å²) in [6.45, 7) is 3.32. The van der Waals surface area contributed by atoms with Gasteiger partial charge >= 0.3 is 0 Å². The summed E-state index contributed by atoms with van der Waals surface area (Å²) in [5, 5.41) is 7.86. The fourth-order valence-corrected chi connectivity index (χ4v) is 5.17. The monoisotopic (exact) mass is 563 g/mol. The fourth-order valence-electron chi connectivity index (χ4n) is 3.52. The molecule has 0 amide bonds. The summed E-state index contributed by atoms with van der Waals surface area (Å²) in [6.07, 6.45) is 2.23. The van der Waals surface area contributed by atoms with Crippen molar-refractivity contribution in [1.29, 1.82) is 0 Å². The molecule has 194 valence electrons. The highest BCUT2D eigenvalue weighted by Crippen LogP contribution is 2.31. The normalized spacial score (nSPS) is 13.2. The molecule has 2 atom stereocenters. The van der Waals surface area contributed by atoms with E-state index in [0.29, 0.717) is 27.3 Å². The van der Waals surface area contributed by atoms with E-state index in [2.05, 4.69) is 29.9 Å². The molecule has 1 aromatic carbocycles. The average Bonchev–Trinajstić information content (AvgIpc) is 3.27. The van der Waals surface area contributed by atoms with E-state index in [4.69, 9.17) is 32.7 Å². The predicted molar refractivity (Wildman–Crippen MR) is 140 cm³/mol. The van der Waals surface area contributed by atoms with Gasteiger partial charge in [-0.15, -0.1) is 10.2 Å². The molecule has 4 rings (SSSR count). The molecule has 0 saturated carbocycles. The van der Waals surface area contributed by atoms with Crippen LogP contribution in [0.15, 0.2) is 48.8 Å². The highest BCUT2D eigenvalue weighted by molar-refractivity contribution is 7.93. The summed E-state index contributed by atoms with van der Waals surface area (Å²) in [4.78, 5) is 12.8. The van der Waals surface area contributed by atoms with Crippen molar-refractivity contribution in [3.8, 4) is 23.1 Å². The Morgan fingerprint density at radius 1 is 1.03 bits per heavy atom. The number of aromatic nitrogens is 6. The van der Waals surface area contributed by atoms with Crippen LogP contribution < -0.4 is 9.46 Å². The second-order valence-electron chi connectivity index (χ2n) is 8.00. The van der Waals surface area contributed by atoms with Crippen molar-refractivity contribution in [2.24, 2.45) is 0 Å². The Morgan fingerprint density at radius 3 is 2.32 bits per heavy atom. The minimum atomic E-state index is -4.10. The molecule has 0 bridgehead atoms. The van der Waals surface area contributed by atoms with Gasteiger partial charge in [0.25, 0.3) is 0 Å². The number of ether oxygens (including phenoxy) is 2. The predicted octanol–water partition coefficient (Wildman–Crippen LogP) is 4.26. The van der Waals surface area contributed by atoms with Crippen LogP contribution >= 0.6 is 23.2 Å². The SMILES string of the molecule is COc1cccc(-c2nnc(NS(=O)(=O)C(C)C(OC)c3ncc(C)cn3)n2-c2cc(Cl)cc(Cl)c2)n1. The number of hydrogen-bond acceptors (Lipinski definition) is 9. The first-order valence-electron chi connectivity index (χ1n) is 10.9. The van der Waals surface area contributed by atoms with Crippen LogP contribution in [0.1, 0.15) is 24.4 Å². The van der Waals surface area contributed by atoms with Crippen molar-refractivity contribution in [2.75, 3.05) is 18.9 Å². The summed E-state index contributed by atoms with van der Waals surface area (Å²) < 4.78 is 41.6. The maximum absolute atomic E-state index is 13.5. The Morgan fingerprint density at radius 2 is 1.70 bits per heavy atom. The van der Waals surface area contributed by atoms with Gasteiger partial charge in [0.05, 0.1) is 12.8 Å². The van der Waals surface area contributed by atoms with Crippen molar-refractivity contribution >= 4 is 39.2 Å². The highest BCUT2D eigenvalue weighted by atomic mass is 35.5. The molecule has 0 aliphatic rings. The lowest BCUT2D eigenvalue weighted by molar-refractivity contribution is 0.0949. The Hall–Kier alpha value is -3.32. The molecule has 0 radical (unpaired) electrons. The van der Waals surface area contributed by atoms with Gasteiger partial charge in [-0.3, -0.25) is 9.29 Å². The van der Waals surface area contributed by atoms with Crippen molar-refractivity contribution in [3.63, 3.8) is 0 Å². The molecule has 0 aliphatic carbocycles. The summed E-state index contributed by atoms with van der Waals surface area (Å²) in [6, 6.07) is 9.83. The molecule has 4 aromatic rings. The zero-order valence-electron chi connectivity index (χ0n) is 20.3. The lowest BCUT2D eigenvalue weighted by atomic mass is 10.2. The van der Waals surface area contributed by atoms with Crippen molar-refractivity contribution in [1.82, 2.24) is 29.7 Å². The maximum Gasteiger partial charge on any atom is 0.243 e. The molecule has 1 N–H and O–H groups in total. The van der Waals surface area contributed by atoms with Crippen LogP contribution in [0.25, 0.3) is 17.2 Å². The fraction of sp³-hybridized carbons (Fsp3) is 0.261. The van der Waals surface area contributed by atoms with Gasteiger partial charge in [0.15, 0.2) is 11.6 Å². The highest BCUT2D eigenvalue weighted by Gasteiger charge is 2.34. The molecule has 2 unspecified atom stereocenters. The second-order valence-corrected chi connectivity index (χ2v) is 10.9. The van der Waals surface area contributed by atoms with E-state index in [9.17, 15) is 8.42 Å². The molecule has 0 fully saturated rings. The minimum Gasteiger partial charge on any atom is -0.481 e. The molecule has 0 aliphatic heterocycles. The summed E-state index contributed by atoms with van der Waals surface area (Å²) in [5.41, 5.74) is 1.63. The van der Waals surface area contributed by atoms with Gasteiger partial charge in [0, 0.05) is 35.6 Å². The van der Waals surface area contributed by atoms with Crippen LogP contribution in [-0.4, -0.2) is 57.6 Å². The van der Waals surface area contributed by atoms with Gasteiger partial charge in [-0.1, -0.05) is 29.3 Å². The number of aryl methyl sites for hydroxylation is 1. The lowest BCUT2D eigenvalue weighted by Gasteiger charge is -2.22. The number of anilines is 1. The molecule has 0 spiro atoms. The third-order valence-electron chi connectivity index (χ3n) is 5.39. The lowest BCUT2D eigenvalue weighted by Crippen LogP contribution is -2.33. The Bertz CT molecular complexity index is 1490. The number of benzene rings is 1. The summed E-state index contributed by atoms with van der Waals surface area (Å²) in [7, 11) is -1.23. The number of halogens is 2. The van der Waals surface area contributed by atoms with Gasteiger partial charge in [-0.2, -0.15) is 0 Å². The van der Waals surface area contributed by atoms with Gasteiger partial charge < -0.3 is 9.47 Å². The van der Waals surface area contributed by atoms with Crippen LogP contribution in [0.3, 0.4) is 0 Å². The summed E-state index contributed by atoms with van der Waals surface area (Å²) in [5.74, 6) is 0.695. The minimum absolute atomic E-state index is 0.107. The first-order valence-corrected chi connectivity index (χ1v) is 13.2. The molecule has 3 aromatic heterocycles. The molecular weight excluding hydrogens is 541 g/mol. The number of methoxy groups -OCH3 is 2. The summed E-state index contributed by atoms with van der Waals surface area (Å²) >= 11 is 12.5. The van der Waals surface area contributed by atoms with Crippen molar-refractivity contribution < 1.29 is 17.9 Å². The van der Waals surface area contributed by atoms with Crippen molar-refractivity contribution in [3.05, 3.63) is 70.2 Å². The Balaban J connectivity index is 1.79. The van der Waals surface area contributed by atoms with E-state index in [1.54, 1.807) is 48.8 Å². The van der Waals surface area contributed by atoms with E-state index >= 15 is 0 Å². The van der Waals surface area contributed by atoms with Crippen LogP contribution in [0, 0.1) is 6.92 Å². The third-order valence-corrected chi connectivity index (χ3v) is 7.52. The van der Waals surface area contributed by atoms with E-state index < -0.39 is 21.4 Å². The smallest absolute Gasteiger partial charge is 0.243 e. The van der Waals surface area contributed by atoms with Crippen molar-refractivity contribution in [2.45, 2.75) is 25.2 Å². The average molecular weight is 564 g/mol. The van der Waals surface area contributed by atoms with Gasteiger partial charge in [0.1, 0.15) is 17.0 Å². The topological polar surface area (TPSA) is 134 Å². The zero-order valence-corrected chi connectivity index (χ0v) is 22.6. The number of sulfonamides is 1. The molecule has 3 heterocycles. The Labute approximate surface area is 223 Å². The Kier molecular flexibility index (Phi) is 7.93. The van der Waals surface area contributed by atoms with Crippen LogP contribution in [0.4, 0.5) is 5.95 Å². The number of pyridine rings is 1. The molecule has 0 saturated heterocycles. The van der Waals surface area contributed by atoms with E-state index in [-0.39, 0.29) is 17.6 Å². The zero-order chi connectivity index (χ0) is 26.7. The first kappa shape index (κ1) is 26.7. The number of nitrogens with one attached hydrogen (secondary N) is 1. The van der Waals surface area contributed by atoms with E-state index in [1.165, 1.54) is 25.7 Å². The third kappa shape index (κ3) is 5.82. The van der Waals surface area contributed by atoms with Gasteiger partial charge in [-0.05, 0) is 43.7 Å². The largest absolute Gasteiger partial charge is 0.481 e. The maximum atomic E-state index is 13.5. The van der Waals surface area contributed by atoms with E-state index in [0.717, 1.165) is 5.56 Å². The van der Waals surface area contributed by atoms with Gasteiger partial charge in [0.2, 0.25) is 21.9 Å². The van der Waals surface area contributed by atoms with Crippen LogP contribution in [-0.2, 0) is 14.8 Å².